The van der Waals surface area contributed by atoms with E-state index < -0.39 is 0 Å². The number of benzene rings is 6. The SMILES string of the molecule is Cc1cc2c3c(c1)-n1c4oc5ccccc5c4c4cc(C(C)(C)C)cc(c41)B3c1ccc(C(C)(C)C)cc1N2c1cccc2oc3ccccc3c12. The molecule has 6 aromatic carbocycles. The molecule has 0 radical (unpaired) electrons. The number of aromatic nitrogens is 1. The van der Waals surface area contributed by atoms with E-state index in [1.54, 1.807) is 0 Å². The summed E-state index contributed by atoms with van der Waals surface area (Å²) in [6.07, 6.45) is 0. The Labute approximate surface area is 303 Å². The first-order valence-electron chi connectivity index (χ1n) is 18.5. The van der Waals surface area contributed by atoms with Gasteiger partial charge in [-0.2, -0.15) is 0 Å². The summed E-state index contributed by atoms with van der Waals surface area (Å²) < 4.78 is 15.8. The highest BCUT2D eigenvalue weighted by molar-refractivity contribution is 7.00. The molecule has 0 N–H and O–H groups in total. The van der Waals surface area contributed by atoms with Crippen LogP contribution in [-0.2, 0) is 10.8 Å². The van der Waals surface area contributed by atoms with Gasteiger partial charge in [-0.3, -0.25) is 4.57 Å². The van der Waals surface area contributed by atoms with Gasteiger partial charge in [0.05, 0.1) is 22.0 Å². The molecule has 0 amide bonds. The Hall–Kier alpha value is -5.68. The van der Waals surface area contributed by atoms with E-state index in [-0.39, 0.29) is 17.5 Å². The topological polar surface area (TPSA) is 34.5 Å². The van der Waals surface area contributed by atoms with Crippen molar-refractivity contribution in [2.45, 2.75) is 59.3 Å². The van der Waals surface area contributed by atoms with Crippen molar-refractivity contribution in [3.05, 3.63) is 126 Å². The van der Waals surface area contributed by atoms with Crippen LogP contribution >= 0.6 is 0 Å². The zero-order chi connectivity index (χ0) is 35.4. The fourth-order valence-corrected chi connectivity index (χ4v) is 9.22. The Morgan fingerprint density at radius 3 is 1.94 bits per heavy atom. The summed E-state index contributed by atoms with van der Waals surface area (Å²) in [6.45, 7) is 16.2. The molecule has 0 saturated carbocycles. The molecule has 5 heteroatoms. The third-order valence-corrected chi connectivity index (χ3v) is 11.7. The molecule has 2 aliphatic heterocycles. The Balaban J connectivity index is 1.34. The van der Waals surface area contributed by atoms with Crippen molar-refractivity contribution in [2.75, 3.05) is 4.90 Å². The highest BCUT2D eigenvalue weighted by Crippen LogP contribution is 2.48. The Morgan fingerprint density at radius 1 is 0.519 bits per heavy atom. The summed E-state index contributed by atoms with van der Waals surface area (Å²) in [7, 11) is 0. The van der Waals surface area contributed by atoms with Gasteiger partial charge in [0.2, 0.25) is 5.71 Å². The lowest BCUT2D eigenvalue weighted by molar-refractivity contribution is 0.590. The van der Waals surface area contributed by atoms with Crippen molar-refractivity contribution in [1.29, 1.82) is 0 Å². The first-order valence-corrected chi connectivity index (χ1v) is 18.5. The Kier molecular flexibility index (Phi) is 5.65. The van der Waals surface area contributed by atoms with Gasteiger partial charge in [-0.15, -0.1) is 0 Å². The second-order valence-electron chi connectivity index (χ2n) is 17.1. The standard InChI is InChI=1S/C47H39BN2O2/c1-26-21-36-43-37(22-26)50-44-31(41-29-13-8-11-17-39(29)52-45(41)50)23-28(47(5,6)7)24-33(44)48(43)32-20-19-27(46(2,3)4)25-35(32)49(36)34-15-12-18-40-42(34)30-14-9-10-16-38(30)51-40/h8-25H,1-7H3. The number of nitrogens with zero attached hydrogens (tertiary/aromatic N) is 2. The Bertz CT molecular complexity index is 3010. The van der Waals surface area contributed by atoms with E-state index in [9.17, 15) is 0 Å². The summed E-state index contributed by atoms with van der Waals surface area (Å²) >= 11 is 0. The molecule has 4 nitrogen and oxygen atoms in total. The van der Waals surface area contributed by atoms with E-state index in [0.29, 0.717) is 0 Å². The molecule has 0 fully saturated rings. The monoisotopic (exact) mass is 674 g/mol. The van der Waals surface area contributed by atoms with Crippen LogP contribution in [0, 0.1) is 6.92 Å². The van der Waals surface area contributed by atoms with Crippen molar-refractivity contribution in [3.63, 3.8) is 0 Å². The molecule has 0 spiro atoms. The minimum Gasteiger partial charge on any atom is -0.456 e. The van der Waals surface area contributed by atoms with Crippen LogP contribution in [0.25, 0.3) is 60.6 Å². The molecule has 0 atom stereocenters. The predicted octanol–water partition coefficient (Wildman–Crippen LogP) is 10.9. The maximum atomic E-state index is 6.86. The number of fused-ring (bicyclic) bond motifs is 12. The highest BCUT2D eigenvalue weighted by atomic mass is 16.3. The van der Waals surface area contributed by atoms with Gasteiger partial charge in [0.1, 0.15) is 16.7 Å². The molecular formula is C47H39BN2O2. The lowest BCUT2D eigenvalue weighted by Crippen LogP contribution is -2.60. The van der Waals surface area contributed by atoms with Crippen molar-refractivity contribution in [1.82, 2.24) is 4.57 Å². The average molecular weight is 675 g/mol. The molecule has 9 aromatic rings. The number of anilines is 3. The number of aryl methyl sites for hydroxylation is 1. The number of rotatable bonds is 1. The zero-order valence-corrected chi connectivity index (χ0v) is 30.7. The van der Waals surface area contributed by atoms with Crippen LogP contribution in [0.1, 0.15) is 58.2 Å². The molecule has 11 rings (SSSR count). The van der Waals surface area contributed by atoms with Gasteiger partial charge < -0.3 is 13.7 Å². The van der Waals surface area contributed by atoms with Crippen LogP contribution in [0.3, 0.4) is 0 Å². The van der Waals surface area contributed by atoms with Crippen LogP contribution in [0.15, 0.2) is 118 Å². The second kappa shape index (κ2) is 9.80. The molecule has 0 aliphatic carbocycles. The van der Waals surface area contributed by atoms with E-state index in [2.05, 4.69) is 167 Å². The lowest BCUT2D eigenvalue weighted by Gasteiger charge is -2.41. The van der Waals surface area contributed by atoms with Gasteiger partial charge in [0, 0.05) is 33.2 Å². The van der Waals surface area contributed by atoms with Crippen molar-refractivity contribution >= 4 is 95.1 Å². The highest BCUT2D eigenvalue weighted by Gasteiger charge is 2.44. The summed E-state index contributed by atoms with van der Waals surface area (Å²) in [4.78, 5) is 2.53. The van der Waals surface area contributed by atoms with Crippen LogP contribution in [-0.4, -0.2) is 11.3 Å². The van der Waals surface area contributed by atoms with Crippen LogP contribution in [0.5, 0.6) is 0 Å². The lowest BCUT2D eigenvalue weighted by atomic mass is 9.33. The molecule has 5 heterocycles. The molecule has 52 heavy (non-hydrogen) atoms. The largest absolute Gasteiger partial charge is 0.456 e. The number of furan rings is 2. The fourth-order valence-electron chi connectivity index (χ4n) is 9.22. The molecule has 3 aromatic heterocycles. The molecule has 0 saturated heterocycles. The maximum absolute atomic E-state index is 6.86. The summed E-state index contributed by atoms with van der Waals surface area (Å²) in [6, 6.07) is 40.4. The van der Waals surface area contributed by atoms with Gasteiger partial charge in [0.15, 0.2) is 0 Å². The maximum Gasteiger partial charge on any atom is 0.252 e. The van der Waals surface area contributed by atoms with Crippen LogP contribution in [0.2, 0.25) is 0 Å². The number of hydrogen-bond donors (Lipinski definition) is 0. The van der Waals surface area contributed by atoms with Gasteiger partial charge in [-0.1, -0.05) is 102 Å². The molecular weight excluding hydrogens is 635 g/mol. The Morgan fingerprint density at radius 2 is 1.19 bits per heavy atom. The van der Waals surface area contributed by atoms with Gasteiger partial charge in [0.25, 0.3) is 6.71 Å². The summed E-state index contributed by atoms with van der Waals surface area (Å²) in [5.74, 6) is 0. The second-order valence-corrected chi connectivity index (χ2v) is 17.1. The van der Waals surface area contributed by atoms with Gasteiger partial charge >= 0.3 is 0 Å². The summed E-state index contributed by atoms with van der Waals surface area (Å²) in [5, 5.41) is 5.88. The predicted molar refractivity (Wildman–Crippen MR) is 219 cm³/mol. The molecule has 0 bridgehead atoms. The average Bonchev–Trinajstić information content (AvgIpc) is 3.78. The molecule has 0 unspecified atom stereocenters. The van der Waals surface area contributed by atoms with E-state index in [1.807, 2.05) is 0 Å². The van der Waals surface area contributed by atoms with Gasteiger partial charge in [-0.05, 0) is 99.4 Å². The van der Waals surface area contributed by atoms with Crippen LogP contribution < -0.4 is 21.3 Å². The third-order valence-electron chi connectivity index (χ3n) is 11.7. The van der Waals surface area contributed by atoms with Crippen molar-refractivity contribution in [2.24, 2.45) is 0 Å². The van der Waals surface area contributed by atoms with E-state index >= 15 is 0 Å². The van der Waals surface area contributed by atoms with E-state index in [1.165, 1.54) is 66.4 Å². The minimum absolute atomic E-state index is 0.0285. The van der Waals surface area contributed by atoms with E-state index in [4.69, 9.17) is 8.83 Å². The number of hydrogen-bond acceptors (Lipinski definition) is 3. The molecule has 252 valence electrons. The smallest absolute Gasteiger partial charge is 0.252 e. The normalized spacial score (nSPS) is 14.0. The number of para-hydroxylation sites is 2. The molecule has 2 aliphatic rings. The van der Waals surface area contributed by atoms with E-state index in [0.717, 1.165) is 44.3 Å². The van der Waals surface area contributed by atoms with Crippen LogP contribution in [0.4, 0.5) is 17.1 Å². The zero-order valence-electron chi connectivity index (χ0n) is 30.7. The summed E-state index contributed by atoms with van der Waals surface area (Å²) in [5.41, 5.74) is 17.4. The first-order chi connectivity index (χ1) is 25.0. The van der Waals surface area contributed by atoms with Crippen molar-refractivity contribution in [3.8, 4) is 5.69 Å². The van der Waals surface area contributed by atoms with Crippen molar-refractivity contribution < 1.29 is 8.83 Å². The van der Waals surface area contributed by atoms with Gasteiger partial charge in [-0.25, -0.2) is 0 Å². The quantitative estimate of drug-likeness (QED) is 0.163. The minimum atomic E-state index is -0.0490. The first kappa shape index (κ1) is 30.0. The fraction of sp³-hybridized carbons (Fsp3) is 0.191. The third kappa shape index (κ3) is 3.83.